The molecule has 7 nitrogen and oxygen atoms in total. The average Bonchev–Trinajstić information content (AvgIpc) is 3.82. The van der Waals surface area contributed by atoms with Gasteiger partial charge in [0.1, 0.15) is 11.0 Å². The van der Waals surface area contributed by atoms with Crippen LogP contribution in [0.25, 0.3) is 44.7 Å². The fraction of sp³-hybridized carbons (Fsp3) is 0.0172. The largest absolute Gasteiger partial charge is 0.311 e. The predicted molar refractivity (Wildman–Crippen MR) is 271 cm³/mol. The third-order valence-electron chi connectivity index (χ3n) is 11.9. The summed E-state index contributed by atoms with van der Waals surface area (Å²) in [6, 6.07) is 76.2. The molecule has 0 N–H and O–H groups in total. The maximum absolute atomic E-state index is 5.01. The van der Waals surface area contributed by atoms with Gasteiger partial charge in [0.15, 0.2) is 0 Å². The van der Waals surface area contributed by atoms with Crippen molar-refractivity contribution >= 4 is 73.4 Å². The second-order valence-electron chi connectivity index (χ2n) is 16.0. The maximum Gasteiger partial charge on any atom is 0.121 e. The second kappa shape index (κ2) is 16.8. The van der Waals surface area contributed by atoms with E-state index in [1.807, 2.05) is 60.6 Å². The van der Waals surface area contributed by atoms with Gasteiger partial charge in [-0.3, -0.25) is 5.01 Å². The molecule has 0 atom stereocenters. The quantitative estimate of drug-likeness (QED) is 0.128. The highest BCUT2D eigenvalue weighted by Crippen LogP contribution is 2.39. The van der Waals surface area contributed by atoms with Crippen LogP contribution in [-0.4, -0.2) is 27.8 Å². The topological polar surface area (TPSA) is 52.8 Å². The highest BCUT2D eigenvalue weighted by molar-refractivity contribution is 6.18. The Balaban J connectivity index is 0.850. The molecule has 0 aliphatic heterocycles. The van der Waals surface area contributed by atoms with Crippen LogP contribution in [0.15, 0.2) is 242 Å². The summed E-state index contributed by atoms with van der Waals surface area (Å²) < 4.78 is 0. The minimum Gasteiger partial charge on any atom is -0.311 e. The van der Waals surface area contributed by atoms with Crippen molar-refractivity contribution in [1.29, 1.82) is 0 Å². The Morgan fingerprint density at radius 2 is 0.938 bits per heavy atom. The molecule has 11 rings (SSSR count). The Bertz CT molecular complexity index is 3370. The Morgan fingerprint density at radius 1 is 0.446 bits per heavy atom. The van der Waals surface area contributed by atoms with Crippen molar-refractivity contribution in [2.45, 2.75) is 0 Å². The van der Waals surface area contributed by atoms with E-state index in [1.165, 1.54) is 0 Å². The SMILES string of the molecule is C=C1C=Cc2ccccc2/C1=N/N(C)c1ccc(N(c2ccccc2)c2ccc(-c3ccc(N(c4ccccc4)c4ccc(-n5nc6ccc7ccccc7c6n5)cc4)cc3)cc2)cc1. The van der Waals surface area contributed by atoms with Crippen LogP contribution in [0.3, 0.4) is 0 Å². The van der Waals surface area contributed by atoms with Crippen LogP contribution < -0.4 is 14.8 Å². The molecule has 1 heterocycles. The molecule has 0 unspecified atom stereocenters. The minimum atomic E-state index is 0.870. The van der Waals surface area contributed by atoms with Crippen molar-refractivity contribution in [3.63, 3.8) is 0 Å². The molecular weight excluding hydrogens is 795 g/mol. The molecule has 9 aromatic carbocycles. The summed E-state index contributed by atoms with van der Waals surface area (Å²) in [4.78, 5) is 6.28. The van der Waals surface area contributed by atoms with Crippen LogP contribution in [0.4, 0.5) is 39.8 Å². The first kappa shape index (κ1) is 39.1. The third-order valence-corrected chi connectivity index (χ3v) is 11.9. The number of fused-ring (bicyclic) bond motifs is 4. The first-order chi connectivity index (χ1) is 32.0. The standard InChI is InChI=1S/C58H43N7/c1-41-21-22-44-13-9-11-19-54(44)57(41)60-62(2)46-32-34-51(35-33-46)63(47-15-5-3-6-16-47)49-28-23-42(24-29-49)43-25-30-50(31-26-43)64(48-17-7-4-8-18-48)52-36-38-53(39-37-52)65-59-56-40-27-45-14-10-12-20-55(45)58(56)61-65/h3-40H,1H2,2H3/b60-57+. The zero-order valence-corrected chi connectivity index (χ0v) is 35.8. The molecule has 65 heavy (non-hydrogen) atoms. The molecule has 0 spiro atoms. The van der Waals surface area contributed by atoms with Crippen molar-refractivity contribution in [2.75, 3.05) is 21.9 Å². The molecule has 0 saturated heterocycles. The first-order valence-electron chi connectivity index (χ1n) is 21.7. The van der Waals surface area contributed by atoms with Crippen LogP contribution in [0.2, 0.25) is 0 Å². The van der Waals surface area contributed by atoms with Crippen molar-refractivity contribution < 1.29 is 0 Å². The van der Waals surface area contributed by atoms with Crippen LogP contribution in [0.1, 0.15) is 11.1 Å². The van der Waals surface area contributed by atoms with Gasteiger partial charge in [-0.1, -0.05) is 134 Å². The number of allylic oxidation sites excluding steroid dienone is 2. The molecule has 0 amide bonds. The third kappa shape index (κ3) is 7.62. The van der Waals surface area contributed by atoms with Gasteiger partial charge in [-0.05, 0) is 131 Å². The fourth-order valence-corrected chi connectivity index (χ4v) is 8.60. The molecule has 1 aromatic heterocycles. The van der Waals surface area contributed by atoms with E-state index in [-0.39, 0.29) is 0 Å². The number of hydrazone groups is 1. The van der Waals surface area contributed by atoms with Gasteiger partial charge >= 0.3 is 0 Å². The van der Waals surface area contributed by atoms with E-state index in [0.717, 1.165) is 101 Å². The highest BCUT2D eigenvalue weighted by Gasteiger charge is 2.18. The van der Waals surface area contributed by atoms with Crippen LogP contribution in [0.5, 0.6) is 0 Å². The number of hydrogen-bond donors (Lipinski definition) is 0. The summed E-state index contributed by atoms with van der Waals surface area (Å²) in [6.07, 6.45) is 4.12. The molecule has 7 heteroatoms. The Hall–Kier alpha value is -8.81. The van der Waals surface area contributed by atoms with E-state index in [1.54, 1.807) is 4.80 Å². The van der Waals surface area contributed by atoms with Gasteiger partial charge in [-0.2, -0.15) is 9.90 Å². The number of para-hydroxylation sites is 2. The van der Waals surface area contributed by atoms with Gasteiger partial charge in [-0.25, -0.2) is 0 Å². The molecular formula is C58H43N7. The van der Waals surface area contributed by atoms with Gasteiger partial charge in [0.25, 0.3) is 0 Å². The van der Waals surface area contributed by atoms with Crippen molar-refractivity contribution in [2.24, 2.45) is 5.10 Å². The summed E-state index contributed by atoms with van der Waals surface area (Å²) in [5.41, 5.74) is 16.2. The number of hydrogen-bond acceptors (Lipinski definition) is 6. The van der Waals surface area contributed by atoms with Crippen molar-refractivity contribution in [3.8, 4) is 16.8 Å². The zero-order valence-electron chi connectivity index (χ0n) is 35.8. The first-order valence-corrected chi connectivity index (χ1v) is 21.7. The summed E-state index contributed by atoms with van der Waals surface area (Å²) in [6.45, 7) is 4.27. The molecule has 10 aromatic rings. The normalized spacial score (nSPS) is 12.7. The molecule has 0 fully saturated rings. The summed E-state index contributed by atoms with van der Waals surface area (Å²) in [5.74, 6) is 0. The minimum absolute atomic E-state index is 0.870. The van der Waals surface area contributed by atoms with E-state index in [9.17, 15) is 0 Å². The lowest BCUT2D eigenvalue weighted by molar-refractivity contribution is 0.766. The number of aromatic nitrogens is 3. The Labute approximate surface area is 378 Å². The molecule has 1 aliphatic rings. The van der Waals surface area contributed by atoms with E-state index in [0.29, 0.717) is 0 Å². The molecule has 0 bridgehead atoms. The Kier molecular flexibility index (Phi) is 10.1. The van der Waals surface area contributed by atoms with Crippen LogP contribution in [-0.2, 0) is 0 Å². The van der Waals surface area contributed by atoms with Crippen molar-refractivity contribution in [1.82, 2.24) is 15.0 Å². The van der Waals surface area contributed by atoms with Crippen LogP contribution in [0, 0.1) is 0 Å². The lowest BCUT2D eigenvalue weighted by Gasteiger charge is -2.27. The molecule has 0 saturated carbocycles. The van der Waals surface area contributed by atoms with Gasteiger partial charge in [0.05, 0.1) is 17.1 Å². The fourth-order valence-electron chi connectivity index (χ4n) is 8.60. The monoisotopic (exact) mass is 837 g/mol. The van der Waals surface area contributed by atoms with E-state index < -0.39 is 0 Å². The number of rotatable bonds is 10. The number of nitrogens with zero attached hydrogens (tertiary/aromatic N) is 7. The van der Waals surface area contributed by atoms with Gasteiger partial charge in [0, 0.05) is 52.1 Å². The number of anilines is 7. The van der Waals surface area contributed by atoms with E-state index in [4.69, 9.17) is 15.3 Å². The smallest absolute Gasteiger partial charge is 0.121 e. The summed E-state index contributed by atoms with van der Waals surface area (Å²) in [5, 5.41) is 18.9. The molecule has 0 radical (unpaired) electrons. The number of benzene rings is 9. The second-order valence-corrected chi connectivity index (χ2v) is 16.0. The van der Waals surface area contributed by atoms with E-state index >= 15 is 0 Å². The van der Waals surface area contributed by atoms with Gasteiger partial charge in [0.2, 0.25) is 0 Å². The Morgan fingerprint density at radius 3 is 1.55 bits per heavy atom. The zero-order chi connectivity index (χ0) is 43.7. The van der Waals surface area contributed by atoms with E-state index in [2.05, 4.69) is 198 Å². The van der Waals surface area contributed by atoms with Crippen LogP contribution >= 0.6 is 0 Å². The van der Waals surface area contributed by atoms with Crippen molar-refractivity contribution in [3.05, 3.63) is 248 Å². The average molecular weight is 838 g/mol. The maximum atomic E-state index is 5.01. The highest BCUT2D eigenvalue weighted by atomic mass is 15.5. The molecule has 1 aliphatic carbocycles. The predicted octanol–water partition coefficient (Wildman–Crippen LogP) is 14.6. The summed E-state index contributed by atoms with van der Waals surface area (Å²) >= 11 is 0. The summed E-state index contributed by atoms with van der Waals surface area (Å²) in [7, 11) is 1.98. The van der Waals surface area contributed by atoms with Gasteiger partial charge < -0.3 is 9.80 Å². The molecule has 310 valence electrons. The lowest BCUT2D eigenvalue weighted by atomic mass is 9.93. The lowest BCUT2D eigenvalue weighted by Crippen LogP contribution is -2.17. The van der Waals surface area contributed by atoms with Gasteiger partial charge in [-0.15, -0.1) is 10.2 Å².